The Labute approximate surface area is 207 Å². The van der Waals surface area contributed by atoms with E-state index in [2.05, 4.69) is 81.0 Å². The summed E-state index contributed by atoms with van der Waals surface area (Å²) in [4.78, 5) is 37.1. The lowest BCUT2D eigenvalue weighted by atomic mass is 9.67. The normalized spacial score (nSPS) is 37.2. The number of isocyanates is 2. The lowest BCUT2D eigenvalue weighted by Gasteiger charge is -2.51. The van der Waals surface area contributed by atoms with Crippen LogP contribution in [0.1, 0.15) is 80.1 Å². The maximum Gasteiger partial charge on any atom is 0.237 e. The van der Waals surface area contributed by atoms with Crippen LogP contribution < -0.4 is 0 Å². The molecule has 0 aromatic rings. The van der Waals surface area contributed by atoms with Crippen molar-refractivity contribution >= 4 is 26.2 Å². The molecule has 1 saturated heterocycles. The quantitative estimate of drug-likeness (QED) is 0.289. The van der Waals surface area contributed by atoms with Gasteiger partial charge in [0.15, 0.2) is 8.24 Å². The Hall–Kier alpha value is -1.59. The summed E-state index contributed by atoms with van der Waals surface area (Å²) in [5, 5.41) is 0. The number of nitrogens with zero attached hydrogens (tertiary/aromatic N) is 5. The van der Waals surface area contributed by atoms with Crippen LogP contribution in [0.3, 0.4) is 0 Å². The number of rotatable bonds is 5. The third-order valence-corrected chi connectivity index (χ3v) is 8.62. The molecule has 190 valence electrons. The summed E-state index contributed by atoms with van der Waals surface area (Å²) in [7, 11) is -1.83. The van der Waals surface area contributed by atoms with Crippen molar-refractivity contribution in [2.45, 2.75) is 111 Å². The maximum absolute atomic E-state index is 11.8. The van der Waals surface area contributed by atoms with Gasteiger partial charge in [0.25, 0.3) is 0 Å². The summed E-state index contributed by atoms with van der Waals surface area (Å²) in [5.41, 5.74) is -1.16. The van der Waals surface area contributed by atoms with Crippen molar-refractivity contribution in [2.24, 2.45) is 37.3 Å². The smallest absolute Gasteiger partial charge is 0.237 e. The molecule has 4 atom stereocenters. The second-order valence-corrected chi connectivity index (χ2v) is 18.6. The third kappa shape index (κ3) is 5.79. The van der Waals surface area contributed by atoms with E-state index in [1.54, 1.807) is 0 Å². The highest BCUT2D eigenvalue weighted by molar-refractivity contribution is 6.75. The fraction of sp³-hybridized carbons (Fsp3) is 0.885. The number of hydrogen-bond donors (Lipinski definition) is 0. The zero-order valence-corrected chi connectivity index (χ0v) is 23.9. The first kappa shape index (κ1) is 27.0. The summed E-state index contributed by atoms with van der Waals surface area (Å²) < 4.78 is 5.27. The van der Waals surface area contributed by atoms with Crippen LogP contribution in [0, 0.1) is 22.7 Å². The van der Waals surface area contributed by atoms with Crippen LogP contribution in [0.4, 0.5) is 0 Å². The van der Waals surface area contributed by atoms with Gasteiger partial charge in [0.05, 0.1) is 13.2 Å². The van der Waals surface area contributed by atoms with Gasteiger partial charge in [0.2, 0.25) is 12.2 Å². The van der Waals surface area contributed by atoms with Crippen molar-refractivity contribution in [3.8, 4) is 0 Å². The third-order valence-electron chi connectivity index (χ3n) is 7.70. The molecule has 7 nitrogen and oxygen atoms in total. The van der Waals surface area contributed by atoms with E-state index in [1.165, 1.54) is 0 Å². The molecule has 1 heterocycles. The van der Waals surface area contributed by atoms with Gasteiger partial charge >= 0.3 is 0 Å². The van der Waals surface area contributed by atoms with Gasteiger partial charge < -0.3 is 9.56 Å². The van der Waals surface area contributed by atoms with Gasteiger partial charge in [0.1, 0.15) is 17.2 Å². The van der Waals surface area contributed by atoms with Crippen molar-refractivity contribution in [1.82, 2.24) is 9.80 Å². The Kier molecular flexibility index (Phi) is 7.25. The van der Waals surface area contributed by atoms with Crippen LogP contribution >= 0.6 is 0 Å². The maximum atomic E-state index is 11.8. The molecule has 0 bridgehead atoms. The van der Waals surface area contributed by atoms with Gasteiger partial charge in [-0.25, -0.2) is 9.59 Å². The zero-order valence-electron chi connectivity index (χ0n) is 22.9. The van der Waals surface area contributed by atoms with Crippen molar-refractivity contribution in [2.75, 3.05) is 13.2 Å². The van der Waals surface area contributed by atoms with Crippen molar-refractivity contribution in [3.05, 3.63) is 0 Å². The van der Waals surface area contributed by atoms with Gasteiger partial charge in [-0.2, -0.15) is 9.98 Å². The Balaban J connectivity index is 2.12. The van der Waals surface area contributed by atoms with Gasteiger partial charge in [-0.1, -0.05) is 41.5 Å². The van der Waals surface area contributed by atoms with Crippen LogP contribution in [0.25, 0.3) is 0 Å². The van der Waals surface area contributed by atoms with E-state index in [0.717, 1.165) is 44.4 Å². The van der Waals surface area contributed by atoms with Crippen LogP contribution in [-0.4, -0.2) is 60.6 Å². The highest BCUT2D eigenvalue weighted by Crippen LogP contribution is 2.51. The number of hydrogen-bond acceptors (Lipinski definition) is 6. The average Bonchev–Trinajstić information content (AvgIpc) is 3.02. The molecule has 0 radical (unpaired) electrons. The summed E-state index contributed by atoms with van der Waals surface area (Å²) >= 11 is 0. The molecule has 0 amide bonds. The highest BCUT2D eigenvalue weighted by Gasteiger charge is 2.55. The van der Waals surface area contributed by atoms with Gasteiger partial charge in [-0.3, -0.25) is 4.90 Å². The van der Waals surface area contributed by atoms with Gasteiger partial charge in [-0.15, -0.1) is 0 Å². The summed E-state index contributed by atoms with van der Waals surface area (Å²) in [6.07, 6.45) is 9.28. The summed E-state index contributed by atoms with van der Waals surface area (Å²) in [6.45, 7) is 21.5. The molecule has 8 heteroatoms. The Morgan fingerprint density at radius 1 is 0.824 bits per heavy atom. The molecule has 3 aliphatic rings. The first-order valence-corrected chi connectivity index (χ1v) is 16.3. The van der Waals surface area contributed by atoms with Crippen molar-refractivity contribution in [1.29, 1.82) is 0 Å². The number of amidine groups is 1. The lowest BCUT2D eigenvalue weighted by molar-refractivity contribution is -0.0330. The Morgan fingerprint density at radius 3 is 1.76 bits per heavy atom. The van der Waals surface area contributed by atoms with E-state index in [9.17, 15) is 9.59 Å². The zero-order chi connectivity index (χ0) is 25.6. The molecule has 2 saturated carbocycles. The largest absolute Gasteiger partial charge is 0.321 e. The molecule has 2 aliphatic carbocycles. The summed E-state index contributed by atoms with van der Waals surface area (Å²) in [6, 6.07) is 0. The van der Waals surface area contributed by atoms with E-state index < -0.39 is 19.6 Å². The Morgan fingerprint density at radius 2 is 1.29 bits per heavy atom. The van der Waals surface area contributed by atoms with E-state index in [4.69, 9.17) is 4.66 Å². The van der Waals surface area contributed by atoms with Crippen LogP contribution in [-0.2, 0) is 9.59 Å². The van der Waals surface area contributed by atoms with E-state index in [0.29, 0.717) is 25.0 Å². The average molecular weight is 488 g/mol. The second-order valence-electron chi connectivity index (χ2n) is 14.0. The molecule has 1 aliphatic heterocycles. The van der Waals surface area contributed by atoms with E-state index in [-0.39, 0.29) is 10.8 Å². The molecule has 0 aromatic carbocycles. The molecule has 0 aromatic heterocycles. The first-order valence-electron chi connectivity index (χ1n) is 12.8. The lowest BCUT2D eigenvalue weighted by Crippen LogP contribution is -2.57. The molecule has 0 N–H and O–H groups in total. The minimum atomic E-state index is -1.83. The van der Waals surface area contributed by atoms with E-state index >= 15 is 0 Å². The standard InChI is InChI=1S/C26H45N5O2Si/c1-20-10-23(3,4)15-25(12-20,27-17-32)30-14-22(29-34(7,8)9)31(19-30)26(28-18-33)13-21(2)11-24(5,6)16-26/h20-21H,10-16,19H2,1-9H3. The van der Waals surface area contributed by atoms with Crippen molar-refractivity contribution in [3.63, 3.8) is 0 Å². The minimum Gasteiger partial charge on any atom is -0.321 e. The minimum absolute atomic E-state index is 0.0513. The SMILES string of the molecule is CC1CC(C)(C)CC(N=C=O)(N2CC(=N[Si](C)(C)C)N(C3(N=C=O)CC(C)CC(C)(C)C3)C2)C1. The predicted octanol–water partition coefficient (Wildman–Crippen LogP) is 5.55. The fourth-order valence-electron chi connectivity index (χ4n) is 7.58. The fourth-order valence-corrected chi connectivity index (χ4v) is 8.54. The van der Waals surface area contributed by atoms with Crippen molar-refractivity contribution < 1.29 is 9.59 Å². The molecular weight excluding hydrogens is 442 g/mol. The van der Waals surface area contributed by atoms with Gasteiger partial charge in [-0.05, 0) is 80.8 Å². The number of aliphatic imine (C=N–C) groups is 2. The topological polar surface area (TPSA) is 77.7 Å². The van der Waals surface area contributed by atoms with E-state index in [1.807, 2.05) is 12.2 Å². The second kappa shape index (κ2) is 9.13. The first-order chi connectivity index (χ1) is 15.5. The molecule has 3 rings (SSSR count). The molecule has 4 unspecified atom stereocenters. The van der Waals surface area contributed by atoms with Crippen LogP contribution in [0.15, 0.2) is 14.6 Å². The predicted molar refractivity (Wildman–Crippen MR) is 139 cm³/mol. The van der Waals surface area contributed by atoms with Gasteiger partial charge in [0, 0.05) is 0 Å². The van der Waals surface area contributed by atoms with Crippen LogP contribution in [0.5, 0.6) is 0 Å². The highest BCUT2D eigenvalue weighted by atomic mass is 28.3. The number of carbonyl (C=O) groups excluding carboxylic acids is 2. The molecule has 34 heavy (non-hydrogen) atoms. The van der Waals surface area contributed by atoms with Crippen LogP contribution in [0.2, 0.25) is 19.6 Å². The monoisotopic (exact) mass is 487 g/mol. The molecule has 0 spiro atoms. The molecular formula is C26H45N5O2Si. The molecule has 3 fully saturated rings. The summed E-state index contributed by atoms with van der Waals surface area (Å²) in [5.74, 6) is 1.86. The Bertz CT molecular complexity index is 913.